The number of alkyl carbamates (subject to hydrolysis) is 1. The van der Waals surface area contributed by atoms with Gasteiger partial charge < -0.3 is 25.3 Å². The van der Waals surface area contributed by atoms with E-state index >= 15 is 0 Å². The Hall–Kier alpha value is -2.12. The lowest BCUT2D eigenvalue weighted by Gasteiger charge is -2.22. The van der Waals surface area contributed by atoms with Crippen molar-refractivity contribution in [3.05, 3.63) is 30.1 Å². The number of aromatic nitrogens is 2. The van der Waals surface area contributed by atoms with E-state index in [0.29, 0.717) is 11.2 Å². The molecule has 0 aromatic carbocycles. The van der Waals surface area contributed by atoms with Gasteiger partial charge in [-0.1, -0.05) is 0 Å². The molecule has 2 heterocycles. The van der Waals surface area contributed by atoms with E-state index in [1.54, 1.807) is 33.0 Å². The molecule has 0 spiro atoms. The summed E-state index contributed by atoms with van der Waals surface area (Å²) in [6, 6.07) is 3.56. The zero-order chi connectivity index (χ0) is 16.3. The molecule has 0 bridgehead atoms. The highest BCUT2D eigenvalue weighted by molar-refractivity contribution is 5.75. The zero-order valence-electron chi connectivity index (χ0n) is 12.8. The molecule has 22 heavy (non-hydrogen) atoms. The average Bonchev–Trinajstić information content (AvgIpc) is 2.89. The molecule has 0 saturated heterocycles. The molecule has 0 fully saturated rings. The lowest BCUT2D eigenvalue weighted by molar-refractivity contribution is 0.0128. The highest BCUT2D eigenvalue weighted by Gasteiger charge is 2.22. The Kier molecular flexibility index (Phi) is 4.68. The van der Waals surface area contributed by atoms with E-state index in [1.807, 2.05) is 6.07 Å². The van der Waals surface area contributed by atoms with E-state index in [0.717, 1.165) is 5.39 Å². The quantitative estimate of drug-likeness (QED) is 0.684. The van der Waals surface area contributed by atoms with Gasteiger partial charge in [-0.25, -0.2) is 9.78 Å². The van der Waals surface area contributed by atoms with Crippen LogP contribution < -0.4 is 5.32 Å². The normalized spacial score (nSPS) is 14.6. The standard InChI is InChI=1S/C15H21N3O4/c1-15(2,3)22-14(21)18-8-11(19)12(20)10-6-9-4-5-16-13(9)17-7-10/h4-7,11-12,19-20H,8H2,1-3H3,(H,16,17)(H,18,21). The molecule has 2 atom stereocenters. The third-order valence-corrected chi connectivity index (χ3v) is 2.98. The summed E-state index contributed by atoms with van der Waals surface area (Å²) >= 11 is 0. The Balaban J connectivity index is 1.94. The van der Waals surface area contributed by atoms with Gasteiger partial charge in [0.05, 0.1) is 0 Å². The summed E-state index contributed by atoms with van der Waals surface area (Å²) in [6.45, 7) is 5.11. The number of hydrogen-bond acceptors (Lipinski definition) is 5. The van der Waals surface area contributed by atoms with E-state index in [2.05, 4.69) is 15.3 Å². The number of ether oxygens (including phenoxy) is 1. The van der Waals surface area contributed by atoms with E-state index in [-0.39, 0.29) is 6.54 Å². The molecule has 1 amide bonds. The molecule has 0 aliphatic carbocycles. The van der Waals surface area contributed by atoms with Crippen LogP contribution in [0, 0.1) is 0 Å². The van der Waals surface area contributed by atoms with Crippen LogP contribution in [0.15, 0.2) is 24.5 Å². The van der Waals surface area contributed by atoms with Crippen LogP contribution in [0.1, 0.15) is 32.4 Å². The summed E-state index contributed by atoms with van der Waals surface area (Å²) in [4.78, 5) is 18.6. The van der Waals surface area contributed by atoms with Gasteiger partial charge in [-0.15, -0.1) is 0 Å². The van der Waals surface area contributed by atoms with Crippen molar-refractivity contribution in [3.8, 4) is 0 Å². The first-order valence-corrected chi connectivity index (χ1v) is 7.02. The Morgan fingerprint density at radius 3 is 2.86 bits per heavy atom. The topological polar surface area (TPSA) is 107 Å². The van der Waals surface area contributed by atoms with Crippen LogP contribution in [0.2, 0.25) is 0 Å². The molecule has 120 valence electrons. The molecule has 2 aromatic heterocycles. The van der Waals surface area contributed by atoms with Gasteiger partial charge in [0.25, 0.3) is 0 Å². The summed E-state index contributed by atoms with van der Waals surface area (Å²) in [6.07, 6.45) is 0.277. The van der Waals surface area contributed by atoms with Crippen molar-refractivity contribution >= 4 is 17.1 Å². The zero-order valence-corrected chi connectivity index (χ0v) is 12.8. The minimum Gasteiger partial charge on any atom is -0.444 e. The number of carbonyl (C=O) groups excluding carboxylic acids is 1. The number of amides is 1. The van der Waals surface area contributed by atoms with E-state index in [9.17, 15) is 15.0 Å². The summed E-state index contributed by atoms with van der Waals surface area (Å²) in [7, 11) is 0. The number of aromatic amines is 1. The largest absolute Gasteiger partial charge is 0.444 e. The van der Waals surface area contributed by atoms with Crippen LogP contribution in [-0.4, -0.2) is 44.5 Å². The summed E-state index contributed by atoms with van der Waals surface area (Å²) in [5, 5.41) is 23.4. The Labute approximate surface area is 128 Å². The number of nitrogens with one attached hydrogen (secondary N) is 2. The number of carbonyl (C=O) groups is 1. The van der Waals surface area contributed by atoms with Crippen molar-refractivity contribution in [3.63, 3.8) is 0 Å². The first kappa shape index (κ1) is 16.3. The second kappa shape index (κ2) is 6.33. The first-order chi connectivity index (χ1) is 10.3. The van der Waals surface area contributed by atoms with Gasteiger partial charge in [0.15, 0.2) is 0 Å². The number of pyridine rings is 1. The van der Waals surface area contributed by atoms with Crippen LogP contribution in [0.25, 0.3) is 11.0 Å². The number of H-pyrrole nitrogens is 1. The van der Waals surface area contributed by atoms with Crippen molar-refractivity contribution < 1.29 is 19.7 Å². The Morgan fingerprint density at radius 2 is 2.18 bits per heavy atom. The van der Waals surface area contributed by atoms with Crippen molar-refractivity contribution in [1.82, 2.24) is 15.3 Å². The van der Waals surface area contributed by atoms with E-state index in [4.69, 9.17) is 4.74 Å². The van der Waals surface area contributed by atoms with Crippen molar-refractivity contribution in [2.45, 2.75) is 38.6 Å². The van der Waals surface area contributed by atoms with Crippen LogP contribution in [0.5, 0.6) is 0 Å². The minimum atomic E-state index is -1.16. The average molecular weight is 307 g/mol. The number of nitrogens with zero attached hydrogens (tertiary/aromatic N) is 1. The number of aliphatic hydroxyl groups is 2. The SMILES string of the molecule is CC(C)(C)OC(=O)NCC(O)C(O)c1cnc2[nH]ccc2c1. The molecule has 0 aliphatic rings. The Morgan fingerprint density at radius 1 is 1.45 bits per heavy atom. The maximum atomic E-state index is 11.5. The number of hydrogen-bond donors (Lipinski definition) is 4. The summed E-state index contributed by atoms with van der Waals surface area (Å²) in [5.41, 5.74) is 0.569. The maximum Gasteiger partial charge on any atom is 0.407 e. The molecule has 7 nitrogen and oxygen atoms in total. The molecule has 0 aliphatic heterocycles. The minimum absolute atomic E-state index is 0.124. The lowest BCUT2D eigenvalue weighted by atomic mass is 10.1. The van der Waals surface area contributed by atoms with E-state index in [1.165, 1.54) is 6.20 Å². The van der Waals surface area contributed by atoms with Gasteiger partial charge in [-0.3, -0.25) is 0 Å². The molecule has 4 N–H and O–H groups in total. The number of aliphatic hydroxyl groups excluding tert-OH is 2. The molecule has 0 radical (unpaired) electrons. The number of rotatable bonds is 4. The second-order valence-corrected chi connectivity index (χ2v) is 6.08. The fourth-order valence-corrected chi connectivity index (χ4v) is 1.95. The molecular formula is C15H21N3O4. The van der Waals surface area contributed by atoms with E-state index < -0.39 is 23.9 Å². The highest BCUT2D eigenvalue weighted by Crippen LogP contribution is 2.20. The predicted octanol–water partition coefficient (Wildman–Crippen LogP) is 1.48. The molecule has 7 heteroatoms. The third-order valence-electron chi connectivity index (χ3n) is 2.98. The van der Waals surface area contributed by atoms with Gasteiger partial charge in [0.1, 0.15) is 23.5 Å². The third kappa shape index (κ3) is 4.19. The molecule has 2 unspecified atom stereocenters. The van der Waals surface area contributed by atoms with Gasteiger partial charge in [0, 0.05) is 29.9 Å². The van der Waals surface area contributed by atoms with Crippen molar-refractivity contribution in [2.24, 2.45) is 0 Å². The highest BCUT2D eigenvalue weighted by atomic mass is 16.6. The van der Waals surface area contributed by atoms with Gasteiger partial charge in [0.2, 0.25) is 0 Å². The van der Waals surface area contributed by atoms with Crippen LogP contribution in [0.3, 0.4) is 0 Å². The Bertz CT molecular complexity index is 648. The summed E-state index contributed by atoms with van der Waals surface area (Å²) in [5.74, 6) is 0. The molecule has 2 rings (SSSR count). The predicted molar refractivity (Wildman–Crippen MR) is 81.3 cm³/mol. The fourth-order valence-electron chi connectivity index (χ4n) is 1.95. The van der Waals surface area contributed by atoms with Crippen LogP contribution >= 0.6 is 0 Å². The summed E-state index contributed by atoms with van der Waals surface area (Å²) < 4.78 is 5.06. The van der Waals surface area contributed by atoms with Crippen molar-refractivity contribution in [2.75, 3.05) is 6.54 Å². The van der Waals surface area contributed by atoms with Gasteiger partial charge in [-0.2, -0.15) is 0 Å². The maximum absolute atomic E-state index is 11.5. The lowest BCUT2D eigenvalue weighted by Crippen LogP contribution is -2.38. The van der Waals surface area contributed by atoms with Gasteiger partial charge in [-0.05, 0) is 32.9 Å². The van der Waals surface area contributed by atoms with Gasteiger partial charge >= 0.3 is 6.09 Å². The molecular weight excluding hydrogens is 286 g/mol. The van der Waals surface area contributed by atoms with Crippen molar-refractivity contribution in [1.29, 1.82) is 0 Å². The second-order valence-electron chi connectivity index (χ2n) is 6.08. The fraction of sp³-hybridized carbons (Fsp3) is 0.467. The first-order valence-electron chi connectivity index (χ1n) is 7.02. The monoisotopic (exact) mass is 307 g/mol. The van der Waals surface area contributed by atoms with Crippen LogP contribution in [-0.2, 0) is 4.74 Å². The molecule has 0 saturated carbocycles. The molecule has 2 aromatic rings. The van der Waals surface area contributed by atoms with Crippen LogP contribution in [0.4, 0.5) is 4.79 Å². The smallest absolute Gasteiger partial charge is 0.407 e. The number of fused-ring (bicyclic) bond motifs is 1.